The van der Waals surface area contributed by atoms with Gasteiger partial charge in [0.05, 0.1) is 6.54 Å². The zero-order valence-electron chi connectivity index (χ0n) is 15.6. The molecule has 1 heterocycles. The van der Waals surface area contributed by atoms with Gasteiger partial charge in [-0.25, -0.2) is 0 Å². The first kappa shape index (κ1) is 21.4. The minimum Gasteiger partial charge on any atom is -0.369 e. The van der Waals surface area contributed by atoms with Crippen LogP contribution in [0.15, 0.2) is 47.5 Å². The number of nitrogens with one attached hydrogen (secondary N) is 2. The number of guanidine groups is 1. The summed E-state index contributed by atoms with van der Waals surface area (Å²) in [5.74, 6) is 0.552. The molecule has 0 atom stereocenters. The summed E-state index contributed by atoms with van der Waals surface area (Å²) in [5, 5.41) is 9.37. The van der Waals surface area contributed by atoms with Crippen LogP contribution in [0, 0.1) is 0 Å². The molecule has 0 saturated carbocycles. The predicted octanol–water partition coefficient (Wildman–Crippen LogP) is 2.07. The van der Waals surface area contributed by atoms with Gasteiger partial charge in [-0.05, 0) is 35.2 Å². The zero-order valence-corrected chi connectivity index (χ0v) is 18.0. The smallest absolute Gasteiger partial charge is 0.231 e. The summed E-state index contributed by atoms with van der Waals surface area (Å²) in [6.45, 7) is 2.83. The van der Waals surface area contributed by atoms with Crippen LogP contribution in [0.25, 0.3) is 10.8 Å². The van der Waals surface area contributed by atoms with E-state index in [1.807, 2.05) is 0 Å². The molecular weight excluding hydrogens is 453 g/mol. The molecule has 1 amide bonds. The van der Waals surface area contributed by atoms with Crippen molar-refractivity contribution in [3.05, 3.63) is 48.0 Å². The molecule has 7 heteroatoms. The summed E-state index contributed by atoms with van der Waals surface area (Å²) in [6.07, 6.45) is 1.95. The monoisotopic (exact) mass is 481 g/mol. The summed E-state index contributed by atoms with van der Waals surface area (Å²) in [7, 11) is 1.79. The highest BCUT2D eigenvalue weighted by atomic mass is 127. The first-order chi connectivity index (χ1) is 12.6. The first-order valence-corrected chi connectivity index (χ1v) is 9.09. The zero-order chi connectivity index (χ0) is 18.4. The highest BCUT2D eigenvalue weighted by Gasteiger charge is 2.20. The Balaban J connectivity index is 0.00000261. The number of carbonyl (C=O) groups excluding carboxylic acids is 1. The van der Waals surface area contributed by atoms with Gasteiger partial charge in [-0.1, -0.05) is 36.4 Å². The molecule has 6 nitrogen and oxygen atoms in total. The number of halogens is 1. The van der Waals surface area contributed by atoms with E-state index in [1.165, 1.54) is 16.3 Å². The number of hydrogen-bond acceptors (Lipinski definition) is 3. The Hall–Kier alpha value is -1.87. The third kappa shape index (κ3) is 6.35. The van der Waals surface area contributed by atoms with Gasteiger partial charge in [0.1, 0.15) is 0 Å². The average Bonchev–Trinajstić information content (AvgIpc) is 2.66. The van der Waals surface area contributed by atoms with Gasteiger partial charge >= 0.3 is 0 Å². The van der Waals surface area contributed by atoms with E-state index in [0.717, 1.165) is 38.4 Å². The lowest BCUT2D eigenvalue weighted by atomic mass is 10.1. The molecule has 2 aromatic rings. The summed E-state index contributed by atoms with van der Waals surface area (Å²) in [4.78, 5) is 17.4. The number of nitrogens with zero attached hydrogens (tertiary/aromatic N) is 2. The lowest BCUT2D eigenvalue weighted by Crippen LogP contribution is -2.49. The van der Waals surface area contributed by atoms with Crippen molar-refractivity contribution in [1.29, 1.82) is 0 Å². The fraction of sp³-hybridized carbons (Fsp3) is 0.400. The topological polar surface area (TPSA) is 82.8 Å². The minimum atomic E-state index is -0.260. The van der Waals surface area contributed by atoms with Gasteiger partial charge in [-0.15, -0.1) is 24.0 Å². The number of piperidine rings is 1. The van der Waals surface area contributed by atoms with Crippen LogP contribution in [-0.4, -0.2) is 49.5 Å². The van der Waals surface area contributed by atoms with Crippen molar-refractivity contribution in [2.24, 2.45) is 10.7 Å². The van der Waals surface area contributed by atoms with E-state index >= 15 is 0 Å². The number of carbonyl (C=O) groups is 1. The van der Waals surface area contributed by atoms with Gasteiger partial charge in [0.25, 0.3) is 0 Å². The SMILES string of the molecule is CN=C(NCc1ccc2ccccc2c1)NC1CCN(CC(N)=O)CC1.I. The Labute approximate surface area is 177 Å². The van der Waals surface area contributed by atoms with Crippen molar-refractivity contribution in [3.8, 4) is 0 Å². The molecule has 0 bridgehead atoms. The van der Waals surface area contributed by atoms with E-state index in [9.17, 15) is 4.79 Å². The van der Waals surface area contributed by atoms with Crippen LogP contribution in [0.3, 0.4) is 0 Å². The Kier molecular flexibility index (Phi) is 8.30. The number of amides is 1. The van der Waals surface area contributed by atoms with Crippen LogP contribution in [-0.2, 0) is 11.3 Å². The summed E-state index contributed by atoms with van der Waals surface area (Å²) in [5.41, 5.74) is 6.49. The summed E-state index contributed by atoms with van der Waals surface area (Å²) < 4.78 is 0. The van der Waals surface area contributed by atoms with Gasteiger partial charge in [0.2, 0.25) is 5.91 Å². The molecule has 27 heavy (non-hydrogen) atoms. The maximum Gasteiger partial charge on any atom is 0.231 e. The number of fused-ring (bicyclic) bond motifs is 1. The van der Waals surface area contributed by atoms with E-state index in [2.05, 4.69) is 63.0 Å². The fourth-order valence-corrected chi connectivity index (χ4v) is 3.38. The molecule has 0 radical (unpaired) electrons. The molecule has 0 aromatic heterocycles. The van der Waals surface area contributed by atoms with Crippen LogP contribution >= 0.6 is 24.0 Å². The van der Waals surface area contributed by atoms with Crippen molar-refractivity contribution >= 4 is 46.6 Å². The van der Waals surface area contributed by atoms with Crippen molar-refractivity contribution in [3.63, 3.8) is 0 Å². The van der Waals surface area contributed by atoms with E-state index < -0.39 is 0 Å². The molecule has 0 aliphatic carbocycles. The number of benzene rings is 2. The van der Waals surface area contributed by atoms with Crippen LogP contribution < -0.4 is 16.4 Å². The molecular formula is C20H28IN5O. The molecule has 2 aromatic carbocycles. The van der Waals surface area contributed by atoms with E-state index in [4.69, 9.17) is 5.73 Å². The highest BCUT2D eigenvalue weighted by molar-refractivity contribution is 14.0. The van der Waals surface area contributed by atoms with Gasteiger partial charge in [-0.3, -0.25) is 14.7 Å². The fourth-order valence-electron chi connectivity index (χ4n) is 3.38. The van der Waals surface area contributed by atoms with Crippen LogP contribution in [0.2, 0.25) is 0 Å². The summed E-state index contributed by atoms with van der Waals surface area (Å²) in [6, 6.07) is 15.2. The maximum atomic E-state index is 11.0. The third-order valence-corrected chi connectivity index (χ3v) is 4.81. The van der Waals surface area contributed by atoms with Crippen molar-refractivity contribution in [1.82, 2.24) is 15.5 Å². The second-order valence-corrected chi connectivity index (χ2v) is 6.77. The Morgan fingerprint density at radius 3 is 2.56 bits per heavy atom. The van der Waals surface area contributed by atoms with Crippen LogP contribution in [0.4, 0.5) is 0 Å². The highest BCUT2D eigenvalue weighted by Crippen LogP contribution is 2.15. The van der Waals surface area contributed by atoms with Crippen LogP contribution in [0.5, 0.6) is 0 Å². The minimum absolute atomic E-state index is 0. The number of aliphatic imine (C=N–C) groups is 1. The molecule has 4 N–H and O–H groups in total. The lowest BCUT2D eigenvalue weighted by Gasteiger charge is -2.32. The van der Waals surface area contributed by atoms with Gasteiger partial charge in [-0.2, -0.15) is 0 Å². The maximum absolute atomic E-state index is 11.0. The number of rotatable bonds is 5. The molecule has 1 aliphatic heterocycles. The molecule has 1 fully saturated rings. The van der Waals surface area contributed by atoms with Crippen molar-refractivity contribution < 1.29 is 4.79 Å². The Morgan fingerprint density at radius 1 is 1.19 bits per heavy atom. The second-order valence-electron chi connectivity index (χ2n) is 6.77. The predicted molar refractivity (Wildman–Crippen MR) is 121 cm³/mol. The quantitative estimate of drug-likeness (QED) is 0.347. The normalized spacial score (nSPS) is 16.0. The molecule has 146 valence electrons. The van der Waals surface area contributed by atoms with E-state index in [0.29, 0.717) is 12.6 Å². The summed E-state index contributed by atoms with van der Waals surface area (Å²) >= 11 is 0. The largest absolute Gasteiger partial charge is 0.369 e. The third-order valence-electron chi connectivity index (χ3n) is 4.81. The van der Waals surface area contributed by atoms with Gasteiger partial charge in [0.15, 0.2) is 5.96 Å². The lowest BCUT2D eigenvalue weighted by molar-refractivity contribution is -0.119. The Bertz CT molecular complexity index is 787. The van der Waals surface area contributed by atoms with E-state index in [1.54, 1.807) is 7.05 Å². The number of nitrogens with two attached hydrogens (primary N) is 1. The van der Waals surface area contributed by atoms with Crippen LogP contribution in [0.1, 0.15) is 18.4 Å². The number of primary amides is 1. The molecule has 3 rings (SSSR count). The first-order valence-electron chi connectivity index (χ1n) is 9.09. The van der Waals surface area contributed by atoms with Crippen molar-refractivity contribution in [2.45, 2.75) is 25.4 Å². The van der Waals surface area contributed by atoms with E-state index in [-0.39, 0.29) is 29.9 Å². The standard InChI is InChI=1S/C20H27N5O.HI/c1-22-20(24-18-8-10-25(11-9-18)14-19(21)26)23-13-15-6-7-16-4-2-3-5-17(16)12-15;/h2-7,12,18H,8-11,13-14H2,1H3,(H2,21,26)(H2,22,23,24);1H. The average molecular weight is 481 g/mol. The molecule has 1 saturated heterocycles. The van der Waals surface area contributed by atoms with Gasteiger partial charge < -0.3 is 16.4 Å². The number of hydrogen-bond donors (Lipinski definition) is 3. The molecule has 0 unspecified atom stereocenters. The van der Waals surface area contributed by atoms with Crippen molar-refractivity contribution in [2.75, 3.05) is 26.7 Å². The number of likely N-dealkylation sites (tertiary alicyclic amines) is 1. The van der Waals surface area contributed by atoms with Gasteiger partial charge in [0, 0.05) is 32.7 Å². The molecule has 1 aliphatic rings. The Morgan fingerprint density at radius 2 is 1.89 bits per heavy atom. The molecule has 0 spiro atoms. The second kappa shape index (κ2) is 10.5.